The predicted molar refractivity (Wildman–Crippen MR) is 120 cm³/mol. The number of halogens is 2. The Morgan fingerprint density at radius 1 is 1.12 bits per heavy atom. The van der Waals surface area contributed by atoms with Crippen LogP contribution in [0.3, 0.4) is 0 Å². The van der Waals surface area contributed by atoms with Crippen LogP contribution in [0.4, 0.5) is 5.69 Å². The number of ether oxygens (including phenoxy) is 2. The van der Waals surface area contributed by atoms with E-state index in [4.69, 9.17) is 38.4 Å². The lowest BCUT2D eigenvalue weighted by Crippen LogP contribution is -2.21. The standard InChI is InChI=1S/C23H13Cl2N3O5/c24-16-5-3-6-17(25)21(16)20-14-9-8-12(10-19(14)33-22(27)15(20)11-26)32-23(29)13-4-1-2-7-18(13)28(30)31/h1-10,20H,27H2. The molecule has 2 N–H and O–H groups in total. The third kappa shape index (κ3) is 4.07. The van der Waals surface area contributed by atoms with Gasteiger partial charge in [0.25, 0.3) is 5.69 Å². The van der Waals surface area contributed by atoms with Gasteiger partial charge in [-0.1, -0.05) is 47.5 Å². The minimum absolute atomic E-state index is 0.0640. The number of esters is 1. The summed E-state index contributed by atoms with van der Waals surface area (Å²) in [4.78, 5) is 23.1. The average Bonchev–Trinajstić information content (AvgIpc) is 2.78. The Balaban J connectivity index is 1.74. The van der Waals surface area contributed by atoms with Crippen molar-refractivity contribution in [3.63, 3.8) is 0 Å². The highest BCUT2D eigenvalue weighted by Gasteiger charge is 2.34. The molecule has 1 heterocycles. The summed E-state index contributed by atoms with van der Waals surface area (Å²) in [6.07, 6.45) is 0. The molecular weight excluding hydrogens is 469 g/mol. The fourth-order valence-electron chi connectivity index (χ4n) is 3.55. The van der Waals surface area contributed by atoms with Gasteiger partial charge < -0.3 is 15.2 Å². The number of nitriles is 1. The lowest BCUT2D eigenvalue weighted by atomic mass is 9.83. The van der Waals surface area contributed by atoms with Crippen molar-refractivity contribution in [3.05, 3.63) is 109 Å². The summed E-state index contributed by atoms with van der Waals surface area (Å²) in [5, 5.41) is 21.6. The molecule has 0 saturated carbocycles. The van der Waals surface area contributed by atoms with Crippen LogP contribution in [0.5, 0.6) is 11.5 Å². The fourth-order valence-corrected chi connectivity index (χ4v) is 4.17. The summed E-state index contributed by atoms with van der Waals surface area (Å²) >= 11 is 12.8. The second kappa shape index (κ2) is 8.82. The molecule has 0 radical (unpaired) electrons. The van der Waals surface area contributed by atoms with E-state index in [0.717, 1.165) is 0 Å². The molecule has 1 aliphatic rings. The fraction of sp³-hybridized carbons (Fsp3) is 0.0435. The Kier molecular flexibility index (Phi) is 5.92. The van der Waals surface area contributed by atoms with E-state index >= 15 is 0 Å². The van der Waals surface area contributed by atoms with Gasteiger partial charge >= 0.3 is 5.97 Å². The van der Waals surface area contributed by atoms with E-state index in [-0.39, 0.29) is 34.2 Å². The number of allylic oxidation sites excluding steroid dienone is 1. The lowest BCUT2D eigenvalue weighted by molar-refractivity contribution is -0.385. The van der Waals surface area contributed by atoms with Gasteiger partial charge in [-0.25, -0.2) is 4.79 Å². The number of fused-ring (bicyclic) bond motifs is 1. The molecule has 0 aromatic heterocycles. The predicted octanol–water partition coefficient (Wildman–Crippen LogP) is 5.34. The Hall–Kier alpha value is -4.06. The quantitative estimate of drug-likeness (QED) is 0.230. The number of nitrogens with two attached hydrogens (primary N) is 1. The van der Waals surface area contributed by atoms with Crippen molar-refractivity contribution in [1.82, 2.24) is 0 Å². The van der Waals surface area contributed by atoms with Crippen LogP contribution in [0, 0.1) is 21.4 Å². The number of hydrogen-bond donors (Lipinski definition) is 1. The molecule has 8 nitrogen and oxygen atoms in total. The molecule has 0 spiro atoms. The molecule has 164 valence electrons. The van der Waals surface area contributed by atoms with Crippen molar-refractivity contribution in [2.24, 2.45) is 5.73 Å². The number of hydrogen-bond acceptors (Lipinski definition) is 7. The zero-order valence-corrected chi connectivity index (χ0v) is 18.1. The first-order chi connectivity index (χ1) is 15.8. The maximum Gasteiger partial charge on any atom is 0.350 e. The van der Waals surface area contributed by atoms with Crippen molar-refractivity contribution in [1.29, 1.82) is 5.26 Å². The number of nitrogens with zero attached hydrogens (tertiary/aromatic N) is 2. The number of carbonyl (C=O) groups excluding carboxylic acids is 1. The number of carbonyl (C=O) groups is 1. The van der Waals surface area contributed by atoms with Gasteiger partial charge in [0.2, 0.25) is 5.88 Å². The van der Waals surface area contributed by atoms with E-state index in [0.29, 0.717) is 21.2 Å². The Morgan fingerprint density at radius 3 is 2.48 bits per heavy atom. The maximum absolute atomic E-state index is 12.6. The van der Waals surface area contributed by atoms with Crippen molar-refractivity contribution in [2.75, 3.05) is 0 Å². The number of rotatable bonds is 4. The van der Waals surface area contributed by atoms with E-state index in [1.807, 2.05) is 6.07 Å². The zero-order valence-electron chi connectivity index (χ0n) is 16.6. The van der Waals surface area contributed by atoms with Crippen LogP contribution in [0.25, 0.3) is 0 Å². The Bertz CT molecular complexity index is 1360. The maximum atomic E-state index is 12.6. The van der Waals surface area contributed by atoms with Crippen molar-refractivity contribution in [2.45, 2.75) is 5.92 Å². The summed E-state index contributed by atoms with van der Waals surface area (Å²) in [6.45, 7) is 0. The summed E-state index contributed by atoms with van der Waals surface area (Å²) < 4.78 is 10.9. The molecule has 0 bridgehead atoms. The third-order valence-electron chi connectivity index (χ3n) is 5.01. The zero-order chi connectivity index (χ0) is 23.7. The van der Waals surface area contributed by atoms with E-state index in [1.54, 1.807) is 24.3 Å². The second-order valence-corrected chi connectivity index (χ2v) is 7.74. The molecule has 4 rings (SSSR count). The van der Waals surface area contributed by atoms with Crippen LogP contribution >= 0.6 is 23.2 Å². The highest BCUT2D eigenvalue weighted by molar-refractivity contribution is 6.36. The molecule has 3 aromatic rings. The molecule has 10 heteroatoms. The van der Waals surface area contributed by atoms with Crippen LogP contribution in [0.2, 0.25) is 10.0 Å². The molecule has 1 aliphatic heterocycles. The molecular formula is C23H13Cl2N3O5. The molecule has 0 fully saturated rings. The first-order valence-corrected chi connectivity index (χ1v) is 10.2. The summed E-state index contributed by atoms with van der Waals surface area (Å²) in [5.41, 5.74) is 6.55. The largest absolute Gasteiger partial charge is 0.440 e. The molecule has 3 aromatic carbocycles. The number of benzene rings is 3. The monoisotopic (exact) mass is 481 g/mol. The summed E-state index contributed by atoms with van der Waals surface area (Å²) in [7, 11) is 0. The van der Waals surface area contributed by atoms with Crippen molar-refractivity contribution < 1.29 is 19.2 Å². The first-order valence-electron chi connectivity index (χ1n) is 9.43. The van der Waals surface area contributed by atoms with Crippen LogP contribution in [0.1, 0.15) is 27.4 Å². The normalized spacial score (nSPS) is 14.6. The summed E-state index contributed by atoms with van der Waals surface area (Å²) in [5.74, 6) is -1.48. The van der Waals surface area contributed by atoms with Crippen molar-refractivity contribution in [3.8, 4) is 17.6 Å². The van der Waals surface area contributed by atoms with Gasteiger partial charge in [0.05, 0.1) is 10.8 Å². The lowest BCUT2D eigenvalue weighted by Gasteiger charge is -2.27. The first kappa shape index (κ1) is 22.1. The highest BCUT2D eigenvalue weighted by atomic mass is 35.5. The second-order valence-electron chi connectivity index (χ2n) is 6.92. The Labute approximate surface area is 197 Å². The number of nitro groups is 1. The third-order valence-corrected chi connectivity index (χ3v) is 5.67. The van der Waals surface area contributed by atoms with Gasteiger partial charge in [0, 0.05) is 33.3 Å². The Morgan fingerprint density at radius 2 is 1.82 bits per heavy atom. The van der Waals surface area contributed by atoms with Gasteiger partial charge in [-0.05, 0) is 24.3 Å². The molecule has 1 atom stereocenters. The molecule has 1 unspecified atom stereocenters. The van der Waals surface area contributed by atoms with E-state index < -0.39 is 16.8 Å². The SMILES string of the molecule is N#CC1=C(N)Oc2cc(OC(=O)c3ccccc3[N+](=O)[O-])ccc2C1c1c(Cl)cccc1Cl. The smallest absolute Gasteiger partial charge is 0.350 e. The van der Waals surface area contributed by atoms with Gasteiger partial charge in [0.15, 0.2) is 0 Å². The van der Waals surface area contributed by atoms with Gasteiger partial charge in [-0.3, -0.25) is 10.1 Å². The molecule has 0 amide bonds. The van der Waals surface area contributed by atoms with Crippen LogP contribution < -0.4 is 15.2 Å². The minimum atomic E-state index is -0.912. The van der Waals surface area contributed by atoms with Gasteiger partial charge in [0.1, 0.15) is 28.7 Å². The molecule has 0 aliphatic carbocycles. The molecule has 0 saturated heterocycles. The van der Waals surface area contributed by atoms with Crippen LogP contribution in [-0.4, -0.2) is 10.9 Å². The number of para-hydroxylation sites is 1. The van der Waals surface area contributed by atoms with E-state index in [9.17, 15) is 20.2 Å². The van der Waals surface area contributed by atoms with Gasteiger partial charge in [-0.2, -0.15) is 5.26 Å². The topological polar surface area (TPSA) is 128 Å². The van der Waals surface area contributed by atoms with Crippen LogP contribution in [-0.2, 0) is 0 Å². The molecule has 33 heavy (non-hydrogen) atoms. The van der Waals surface area contributed by atoms with E-state index in [2.05, 4.69) is 0 Å². The van der Waals surface area contributed by atoms with E-state index in [1.165, 1.54) is 36.4 Å². The van der Waals surface area contributed by atoms with Gasteiger partial charge in [-0.15, -0.1) is 0 Å². The minimum Gasteiger partial charge on any atom is -0.440 e. The van der Waals surface area contributed by atoms with Crippen molar-refractivity contribution >= 4 is 34.9 Å². The summed E-state index contributed by atoms with van der Waals surface area (Å²) in [6, 6.07) is 16.9. The number of nitro benzene ring substituents is 1. The van der Waals surface area contributed by atoms with Crippen LogP contribution in [0.15, 0.2) is 72.1 Å². The average molecular weight is 482 g/mol. The highest BCUT2D eigenvalue weighted by Crippen LogP contribution is 2.47.